The number of hydrogen-bond acceptors (Lipinski definition) is 1. The van der Waals surface area contributed by atoms with Gasteiger partial charge in [0.2, 0.25) is 5.91 Å². The summed E-state index contributed by atoms with van der Waals surface area (Å²) in [6.45, 7) is 2.14. The lowest BCUT2D eigenvalue weighted by Crippen LogP contribution is -2.23. The van der Waals surface area contributed by atoms with Crippen molar-refractivity contribution < 1.29 is 4.79 Å². The lowest BCUT2D eigenvalue weighted by atomic mass is 10.0. The van der Waals surface area contributed by atoms with Gasteiger partial charge in [-0.3, -0.25) is 4.79 Å². The average Bonchev–Trinajstić information content (AvgIpc) is 3.00. The molecule has 1 saturated carbocycles. The molecule has 0 heterocycles. The molecule has 2 aliphatic rings. The van der Waals surface area contributed by atoms with Gasteiger partial charge in [-0.15, -0.1) is 0 Å². The van der Waals surface area contributed by atoms with Gasteiger partial charge in [0, 0.05) is 12.1 Å². The summed E-state index contributed by atoms with van der Waals surface area (Å²) in [6.07, 6.45) is 6.15. The molecule has 0 aliphatic heterocycles. The number of nitrogens with one attached hydrogen (secondary N) is 1. The zero-order chi connectivity index (χ0) is 11.8. The van der Waals surface area contributed by atoms with Crippen LogP contribution in [0.1, 0.15) is 36.0 Å². The highest BCUT2D eigenvalue weighted by Crippen LogP contribution is 2.33. The third kappa shape index (κ3) is 2.12. The van der Waals surface area contributed by atoms with Crippen LogP contribution in [0, 0.1) is 6.92 Å². The van der Waals surface area contributed by atoms with Crippen LogP contribution in [0.4, 0.5) is 0 Å². The van der Waals surface area contributed by atoms with E-state index in [1.807, 2.05) is 0 Å². The van der Waals surface area contributed by atoms with Gasteiger partial charge in [0.25, 0.3) is 0 Å². The Bertz CT molecular complexity index is 498. The minimum absolute atomic E-state index is 0.0804. The first kappa shape index (κ1) is 10.6. The molecular weight excluding hydrogens is 210 g/mol. The van der Waals surface area contributed by atoms with E-state index < -0.39 is 0 Å². The van der Waals surface area contributed by atoms with Gasteiger partial charge in [0.15, 0.2) is 0 Å². The molecule has 0 atom stereocenters. The normalized spacial score (nSPS) is 20.4. The summed E-state index contributed by atoms with van der Waals surface area (Å²) in [4.78, 5) is 11.8. The van der Waals surface area contributed by atoms with Gasteiger partial charge in [-0.2, -0.15) is 0 Å². The number of carbonyl (C=O) groups is 1. The van der Waals surface area contributed by atoms with Crippen molar-refractivity contribution in [3.8, 4) is 0 Å². The summed E-state index contributed by atoms with van der Waals surface area (Å²) >= 11 is 0. The molecule has 1 amide bonds. The second-order valence-electron chi connectivity index (χ2n) is 5.05. The second kappa shape index (κ2) is 4.02. The molecule has 0 saturated heterocycles. The Hall–Kier alpha value is -1.57. The number of benzene rings is 1. The summed E-state index contributed by atoms with van der Waals surface area (Å²) in [5, 5.41) is 3.01. The third-order valence-electron chi connectivity index (χ3n) is 3.63. The van der Waals surface area contributed by atoms with Crippen molar-refractivity contribution in [1.29, 1.82) is 0 Å². The molecular formula is C15H17NO. The van der Waals surface area contributed by atoms with Gasteiger partial charge < -0.3 is 5.32 Å². The molecule has 88 valence electrons. The highest BCUT2D eigenvalue weighted by molar-refractivity contribution is 5.96. The smallest absolute Gasteiger partial charge is 0.244 e. The van der Waals surface area contributed by atoms with E-state index in [4.69, 9.17) is 0 Å². The first-order valence-electron chi connectivity index (χ1n) is 6.34. The fourth-order valence-electron chi connectivity index (χ4n) is 2.51. The van der Waals surface area contributed by atoms with Crippen LogP contribution in [0.25, 0.3) is 5.57 Å². The third-order valence-corrected chi connectivity index (χ3v) is 3.63. The molecule has 0 radical (unpaired) electrons. The zero-order valence-electron chi connectivity index (χ0n) is 10.1. The molecule has 0 spiro atoms. The molecule has 0 aromatic heterocycles. The SMILES string of the molecule is Cc1cccc2c1CC/C2=C/C(=O)NC1CC1. The lowest BCUT2D eigenvalue weighted by Gasteiger charge is -2.04. The Morgan fingerprint density at radius 2 is 2.18 bits per heavy atom. The van der Waals surface area contributed by atoms with Crippen molar-refractivity contribution in [2.24, 2.45) is 0 Å². The van der Waals surface area contributed by atoms with Crippen molar-refractivity contribution in [2.45, 2.75) is 38.6 Å². The maximum Gasteiger partial charge on any atom is 0.244 e. The average molecular weight is 227 g/mol. The fraction of sp³-hybridized carbons (Fsp3) is 0.400. The molecule has 0 unspecified atom stereocenters. The summed E-state index contributed by atoms with van der Waals surface area (Å²) < 4.78 is 0. The molecule has 1 aromatic rings. The fourth-order valence-corrected chi connectivity index (χ4v) is 2.51. The van der Waals surface area contributed by atoms with Crippen LogP contribution in [0.15, 0.2) is 24.3 Å². The largest absolute Gasteiger partial charge is 0.350 e. The van der Waals surface area contributed by atoms with E-state index in [2.05, 4.69) is 30.4 Å². The molecule has 1 fully saturated rings. The van der Waals surface area contributed by atoms with Crippen LogP contribution >= 0.6 is 0 Å². The summed E-state index contributed by atoms with van der Waals surface area (Å²) in [7, 11) is 0. The van der Waals surface area contributed by atoms with Crippen molar-refractivity contribution in [1.82, 2.24) is 5.32 Å². The van der Waals surface area contributed by atoms with E-state index in [-0.39, 0.29) is 5.91 Å². The molecule has 2 aliphatic carbocycles. The van der Waals surface area contributed by atoms with E-state index in [0.29, 0.717) is 6.04 Å². The maximum absolute atomic E-state index is 11.8. The Morgan fingerprint density at radius 3 is 2.94 bits per heavy atom. The molecule has 1 N–H and O–H groups in total. The first-order chi connectivity index (χ1) is 8.24. The minimum atomic E-state index is 0.0804. The van der Waals surface area contributed by atoms with Crippen molar-refractivity contribution >= 4 is 11.5 Å². The first-order valence-corrected chi connectivity index (χ1v) is 6.34. The van der Waals surface area contributed by atoms with E-state index >= 15 is 0 Å². The summed E-state index contributed by atoms with van der Waals surface area (Å²) in [5.41, 5.74) is 5.23. The molecule has 0 bridgehead atoms. The highest BCUT2D eigenvalue weighted by atomic mass is 16.1. The Morgan fingerprint density at radius 1 is 1.35 bits per heavy atom. The Labute approximate surface area is 102 Å². The monoisotopic (exact) mass is 227 g/mol. The summed E-state index contributed by atoms with van der Waals surface area (Å²) in [5.74, 6) is 0.0804. The number of aryl methyl sites for hydroxylation is 1. The number of rotatable bonds is 2. The quantitative estimate of drug-likeness (QED) is 0.773. The number of amides is 1. The second-order valence-corrected chi connectivity index (χ2v) is 5.05. The van der Waals surface area contributed by atoms with Crippen LogP contribution in [0.2, 0.25) is 0 Å². The number of hydrogen-bond donors (Lipinski definition) is 1. The number of allylic oxidation sites excluding steroid dienone is 1. The van der Waals surface area contributed by atoms with Gasteiger partial charge in [-0.25, -0.2) is 0 Å². The predicted molar refractivity (Wildman–Crippen MR) is 68.6 cm³/mol. The summed E-state index contributed by atoms with van der Waals surface area (Å²) in [6, 6.07) is 6.79. The Balaban J connectivity index is 1.84. The van der Waals surface area contributed by atoms with E-state index in [0.717, 1.165) is 25.7 Å². The van der Waals surface area contributed by atoms with Crippen LogP contribution in [0.5, 0.6) is 0 Å². The van der Waals surface area contributed by atoms with Crippen molar-refractivity contribution in [3.05, 3.63) is 41.0 Å². The lowest BCUT2D eigenvalue weighted by molar-refractivity contribution is -0.116. The van der Waals surface area contributed by atoms with Gasteiger partial charge in [-0.1, -0.05) is 18.2 Å². The molecule has 2 heteroatoms. The predicted octanol–water partition coefficient (Wildman–Crippen LogP) is 2.60. The standard InChI is InChI=1S/C15H17NO/c1-10-3-2-4-14-11(5-8-13(10)14)9-15(17)16-12-6-7-12/h2-4,9,12H,5-8H2,1H3,(H,16,17)/b11-9-. The zero-order valence-corrected chi connectivity index (χ0v) is 10.1. The van der Waals surface area contributed by atoms with E-state index in [1.54, 1.807) is 6.08 Å². The van der Waals surface area contributed by atoms with Gasteiger partial charge in [0.05, 0.1) is 0 Å². The molecule has 17 heavy (non-hydrogen) atoms. The van der Waals surface area contributed by atoms with E-state index in [9.17, 15) is 4.79 Å². The van der Waals surface area contributed by atoms with Crippen LogP contribution in [0.3, 0.4) is 0 Å². The maximum atomic E-state index is 11.8. The molecule has 2 nitrogen and oxygen atoms in total. The van der Waals surface area contributed by atoms with Gasteiger partial charge >= 0.3 is 0 Å². The minimum Gasteiger partial charge on any atom is -0.350 e. The van der Waals surface area contributed by atoms with Crippen LogP contribution < -0.4 is 5.32 Å². The van der Waals surface area contributed by atoms with Crippen molar-refractivity contribution in [3.63, 3.8) is 0 Å². The number of carbonyl (C=O) groups excluding carboxylic acids is 1. The topological polar surface area (TPSA) is 29.1 Å². The Kier molecular flexibility index (Phi) is 2.50. The van der Waals surface area contributed by atoms with Gasteiger partial charge in [-0.05, 0) is 54.9 Å². The molecule has 1 aromatic carbocycles. The van der Waals surface area contributed by atoms with Crippen LogP contribution in [-0.2, 0) is 11.2 Å². The molecule has 3 rings (SSSR count). The highest BCUT2D eigenvalue weighted by Gasteiger charge is 2.23. The number of fused-ring (bicyclic) bond motifs is 1. The van der Waals surface area contributed by atoms with E-state index in [1.165, 1.54) is 22.3 Å². The van der Waals surface area contributed by atoms with Crippen molar-refractivity contribution in [2.75, 3.05) is 0 Å². The van der Waals surface area contributed by atoms with Gasteiger partial charge in [0.1, 0.15) is 0 Å². The van der Waals surface area contributed by atoms with Crippen LogP contribution in [-0.4, -0.2) is 11.9 Å².